The molecule has 0 aliphatic carbocycles. The molecule has 1 aromatic carbocycles. The third kappa shape index (κ3) is 3.91. The van der Waals surface area contributed by atoms with Crippen molar-refractivity contribution in [3.8, 4) is 0 Å². The van der Waals surface area contributed by atoms with Crippen molar-refractivity contribution >= 4 is 11.4 Å². The summed E-state index contributed by atoms with van der Waals surface area (Å²) in [7, 11) is 0. The van der Waals surface area contributed by atoms with Crippen LogP contribution in [-0.4, -0.2) is 15.9 Å². The molecular formula is C14H18F3NO2S. The average molecular weight is 321 g/mol. The van der Waals surface area contributed by atoms with Gasteiger partial charge in [-0.15, -0.1) is 4.72 Å². The molecule has 0 saturated carbocycles. The molecule has 0 bridgehead atoms. The minimum Gasteiger partial charge on any atom is -0.598 e. The Morgan fingerprint density at radius 2 is 1.95 bits per heavy atom. The van der Waals surface area contributed by atoms with Crippen LogP contribution in [-0.2, 0) is 28.9 Å². The van der Waals surface area contributed by atoms with Gasteiger partial charge in [-0.3, -0.25) is 0 Å². The molecule has 1 unspecified atom stereocenters. The first kappa shape index (κ1) is 16.6. The molecule has 0 aromatic heterocycles. The number of fused-ring (bicyclic) bond motifs is 1. The van der Waals surface area contributed by atoms with Gasteiger partial charge in [0.1, 0.15) is 10.8 Å². The van der Waals surface area contributed by atoms with Gasteiger partial charge in [0, 0.05) is 11.4 Å². The molecule has 0 fully saturated rings. The van der Waals surface area contributed by atoms with Gasteiger partial charge in [-0.2, -0.15) is 13.2 Å². The number of ether oxygens (including phenoxy) is 1. The fraction of sp³-hybridized carbons (Fsp3) is 0.571. The fourth-order valence-corrected chi connectivity index (χ4v) is 2.83. The zero-order valence-electron chi connectivity index (χ0n) is 12.1. The summed E-state index contributed by atoms with van der Waals surface area (Å²) in [6, 6.07) is 3.23. The largest absolute Gasteiger partial charge is 0.598 e. The van der Waals surface area contributed by atoms with Gasteiger partial charge < -0.3 is 9.29 Å². The predicted octanol–water partition coefficient (Wildman–Crippen LogP) is 3.33. The van der Waals surface area contributed by atoms with Crippen LogP contribution in [0.15, 0.2) is 18.2 Å². The maximum Gasteiger partial charge on any atom is 0.416 e. The molecule has 2 atom stereocenters. The van der Waals surface area contributed by atoms with Crippen molar-refractivity contribution in [2.75, 3.05) is 6.61 Å². The number of hydrogen-bond donors (Lipinski definition) is 1. The Labute approximate surface area is 125 Å². The van der Waals surface area contributed by atoms with E-state index in [1.54, 1.807) is 0 Å². The Bertz CT molecular complexity index is 514. The molecule has 0 spiro atoms. The third-order valence-electron chi connectivity index (χ3n) is 3.19. The number of nitrogens with one attached hydrogen (secondary N) is 1. The minimum atomic E-state index is -4.37. The fourth-order valence-electron chi connectivity index (χ4n) is 2.03. The van der Waals surface area contributed by atoms with E-state index in [0.717, 1.165) is 12.1 Å². The Balaban J connectivity index is 2.24. The smallest absolute Gasteiger partial charge is 0.416 e. The molecule has 1 aromatic rings. The summed E-state index contributed by atoms with van der Waals surface area (Å²) in [5.74, 6) is 0. The summed E-state index contributed by atoms with van der Waals surface area (Å²) in [4.78, 5) is 0. The average Bonchev–Trinajstić information content (AvgIpc) is 2.36. The Morgan fingerprint density at radius 3 is 2.52 bits per heavy atom. The SMILES string of the molecule is CC(C)(C)[S+]([O-])N[C@@H]1COCc2cc(C(F)(F)F)ccc21. The van der Waals surface area contributed by atoms with Gasteiger partial charge >= 0.3 is 6.18 Å². The Morgan fingerprint density at radius 1 is 1.29 bits per heavy atom. The number of rotatable bonds is 2. The van der Waals surface area contributed by atoms with E-state index in [-0.39, 0.29) is 12.6 Å². The van der Waals surface area contributed by atoms with Crippen LogP contribution in [0.3, 0.4) is 0 Å². The van der Waals surface area contributed by atoms with Crippen molar-refractivity contribution in [2.24, 2.45) is 0 Å². The highest BCUT2D eigenvalue weighted by Crippen LogP contribution is 2.34. The van der Waals surface area contributed by atoms with Gasteiger partial charge in [-0.1, -0.05) is 6.07 Å². The normalized spacial score (nSPS) is 21.0. The van der Waals surface area contributed by atoms with Crippen molar-refractivity contribution in [3.05, 3.63) is 34.9 Å². The minimum absolute atomic E-state index is 0.138. The molecule has 0 saturated heterocycles. The van der Waals surface area contributed by atoms with Crippen molar-refractivity contribution in [3.63, 3.8) is 0 Å². The van der Waals surface area contributed by atoms with E-state index in [1.165, 1.54) is 6.07 Å². The second-order valence-electron chi connectivity index (χ2n) is 5.98. The molecule has 0 amide bonds. The second kappa shape index (κ2) is 5.79. The van der Waals surface area contributed by atoms with E-state index < -0.39 is 27.8 Å². The summed E-state index contributed by atoms with van der Waals surface area (Å²) in [6.07, 6.45) is -4.37. The molecule has 2 rings (SSSR count). The van der Waals surface area contributed by atoms with Crippen molar-refractivity contribution < 1.29 is 22.5 Å². The molecule has 21 heavy (non-hydrogen) atoms. The van der Waals surface area contributed by atoms with Crippen molar-refractivity contribution in [1.29, 1.82) is 0 Å². The standard InChI is InChI=1S/C14H18F3NO2S/c1-13(2,3)21(19)18-12-8-20-7-9-6-10(14(15,16)17)4-5-11(9)12/h4-6,12,18H,7-8H2,1-3H3/t12-,21?/m1/s1. The zero-order chi connectivity index (χ0) is 15.8. The van der Waals surface area contributed by atoms with E-state index in [0.29, 0.717) is 17.7 Å². The first-order valence-electron chi connectivity index (χ1n) is 6.55. The van der Waals surface area contributed by atoms with E-state index in [4.69, 9.17) is 4.74 Å². The lowest BCUT2D eigenvalue weighted by atomic mass is 9.97. The highest BCUT2D eigenvalue weighted by Gasteiger charge is 2.35. The predicted molar refractivity (Wildman–Crippen MR) is 74.9 cm³/mol. The van der Waals surface area contributed by atoms with Gasteiger partial charge in [0.05, 0.1) is 18.8 Å². The topological polar surface area (TPSA) is 44.3 Å². The molecular weight excluding hydrogens is 303 g/mol. The lowest BCUT2D eigenvalue weighted by Crippen LogP contribution is -2.43. The summed E-state index contributed by atoms with van der Waals surface area (Å²) < 4.78 is 58.1. The van der Waals surface area contributed by atoms with Crippen molar-refractivity contribution in [1.82, 2.24) is 4.72 Å². The van der Waals surface area contributed by atoms with E-state index in [1.807, 2.05) is 20.8 Å². The highest BCUT2D eigenvalue weighted by atomic mass is 32.2. The number of alkyl halides is 3. The number of halogens is 3. The van der Waals surface area contributed by atoms with Crippen LogP contribution in [0.1, 0.15) is 43.5 Å². The van der Waals surface area contributed by atoms with Crippen LogP contribution in [0.2, 0.25) is 0 Å². The Hall–Kier alpha value is -0.760. The summed E-state index contributed by atoms with van der Waals surface area (Å²) in [5, 5.41) is 0. The van der Waals surface area contributed by atoms with Gasteiger partial charge in [0.15, 0.2) is 0 Å². The van der Waals surface area contributed by atoms with Crippen LogP contribution in [0.25, 0.3) is 0 Å². The molecule has 1 aliphatic heterocycles. The van der Waals surface area contributed by atoms with Crippen LogP contribution in [0.5, 0.6) is 0 Å². The van der Waals surface area contributed by atoms with Gasteiger partial charge in [-0.05, 0) is 44.0 Å². The van der Waals surface area contributed by atoms with E-state index in [9.17, 15) is 17.7 Å². The van der Waals surface area contributed by atoms with Crippen LogP contribution in [0, 0.1) is 0 Å². The van der Waals surface area contributed by atoms with Crippen molar-refractivity contribution in [2.45, 2.75) is 44.3 Å². The van der Waals surface area contributed by atoms with Gasteiger partial charge in [-0.25, -0.2) is 0 Å². The third-order valence-corrected chi connectivity index (χ3v) is 4.80. The first-order chi connectivity index (χ1) is 9.59. The first-order valence-corrected chi connectivity index (χ1v) is 7.70. The van der Waals surface area contributed by atoms with E-state index >= 15 is 0 Å². The highest BCUT2D eigenvalue weighted by molar-refractivity contribution is 7.90. The monoisotopic (exact) mass is 321 g/mol. The lowest BCUT2D eigenvalue weighted by molar-refractivity contribution is -0.137. The van der Waals surface area contributed by atoms with Gasteiger partial charge in [0.25, 0.3) is 0 Å². The molecule has 3 nitrogen and oxygen atoms in total. The quantitative estimate of drug-likeness (QED) is 0.850. The molecule has 1 heterocycles. The summed E-state index contributed by atoms with van der Waals surface area (Å²) in [5.41, 5.74) is 0.508. The van der Waals surface area contributed by atoms with Crippen LogP contribution >= 0.6 is 0 Å². The van der Waals surface area contributed by atoms with E-state index in [2.05, 4.69) is 4.72 Å². The molecule has 1 aliphatic rings. The number of hydrogen-bond acceptors (Lipinski definition) is 3. The molecule has 118 valence electrons. The molecule has 7 heteroatoms. The summed E-state index contributed by atoms with van der Waals surface area (Å²) in [6.45, 7) is 5.91. The zero-order valence-corrected chi connectivity index (χ0v) is 12.9. The van der Waals surface area contributed by atoms with Gasteiger partial charge in [0.2, 0.25) is 0 Å². The lowest BCUT2D eigenvalue weighted by Gasteiger charge is -2.31. The second-order valence-corrected chi connectivity index (χ2v) is 7.98. The maximum absolute atomic E-state index is 12.7. The Kier molecular flexibility index (Phi) is 4.58. The van der Waals surface area contributed by atoms with Crippen LogP contribution in [0.4, 0.5) is 13.2 Å². The molecule has 1 N–H and O–H groups in total. The molecule has 0 radical (unpaired) electrons. The summed E-state index contributed by atoms with van der Waals surface area (Å²) >= 11 is -1.32. The maximum atomic E-state index is 12.7. The van der Waals surface area contributed by atoms with Crippen LogP contribution < -0.4 is 4.72 Å². The number of benzene rings is 1.